The van der Waals surface area contributed by atoms with Gasteiger partial charge in [-0.1, -0.05) is 29.8 Å². The topological polar surface area (TPSA) is 59.2 Å². The van der Waals surface area contributed by atoms with Crippen molar-refractivity contribution in [2.45, 2.75) is 25.3 Å². The van der Waals surface area contributed by atoms with E-state index in [1.165, 1.54) is 11.3 Å². The molecule has 1 aliphatic rings. The highest BCUT2D eigenvalue weighted by atomic mass is 35.5. The van der Waals surface area contributed by atoms with Crippen LogP contribution in [-0.4, -0.2) is 34.9 Å². The Bertz CT molecular complexity index is 673. The molecule has 1 atom stereocenters. The number of amides is 1. The van der Waals surface area contributed by atoms with Gasteiger partial charge in [0, 0.05) is 30.1 Å². The lowest BCUT2D eigenvalue weighted by atomic mass is 10.2. The lowest BCUT2D eigenvalue weighted by molar-refractivity contribution is -0.131. The Balaban J connectivity index is 1.72. The van der Waals surface area contributed by atoms with Gasteiger partial charge in [0.25, 0.3) is 0 Å². The molecule has 4 nitrogen and oxygen atoms in total. The van der Waals surface area contributed by atoms with Gasteiger partial charge in [-0.2, -0.15) is 0 Å². The molecule has 0 spiro atoms. The molecule has 1 aliphatic heterocycles. The third-order valence-electron chi connectivity index (χ3n) is 3.96. The van der Waals surface area contributed by atoms with E-state index in [9.17, 15) is 4.79 Å². The van der Waals surface area contributed by atoms with Crippen molar-refractivity contribution in [3.63, 3.8) is 0 Å². The average Bonchev–Trinajstić information content (AvgIpc) is 3.16. The molecule has 3 rings (SSSR count). The van der Waals surface area contributed by atoms with Crippen molar-refractivity contribution in [2.75, 3.05) is 13.1 Å². The number of likely N-dealkylation sites (tertiary alicyclic amines) is 1. The number of nitrogens with two attached hydrogens (primary N) is 1. The summed E-state index contributed by atoms with van der Waals surface area (Å²) in [5.74, 6) is 0.115. The molecule has 0 unspecified atom stereocenters. The predicted molar refractivity (Wildman–Crippen MR) is 90.1 cm³/mol. The molecule has 1 amide bonds. The van der Waals surface area contributed by atoms with Gasteiger partial charge in [0.2, 0.25) is 5.91 Å². The molecular weight excluding hydrogens is 318 g/mol. The number of hydrogen-bond donors (Lipinski definition) is 1. The minimum absolute atomic E-state index is 0.115. The first-order valence-electron chi connectivity index (χ1n) is 7.38. The molecule has 2 N–H and O–H groups in total. The molecule has 1 aromatic carbocycles. The SMILES string of the molecule is NC[C@@H]1CCCN1C(=O)Cc1csc(-c2ccccc2Cl)n1. The van der Waals surface area contributed by atoms with Crippen LogP contribution < -0.4 is 5.73 Å². The number of thiazole rings is 1. The van der Waals surface area contributed by atoms with Crippen molar-refractivity contribution >= 4 is 28.8 Å². The second kappa shape index (κ2) is 6.77. The van der Waals surface area contributed by atoms with Crippen molar-refractivity contribution < 1.29 is 4.79 Å². The van der Waals surface area contributed by atoms with Crippen LogP contribution in [0, 0.1) is 0 Å². The second-order valence-electron chi connectivity index (χ2n) is 5.42. The highest BCUT2D eigenvalue weighted by Gasteiger charge is 2.27. The van der Waals surface area contributed by atoms with Gasteiger partial charge in [-0.15, -0.1) is 11.3 Å². The summed E-state index contributed by atoms with van der Waals surface area (Å²) in [5.41, 5.74) is 7.44. The van der Waals surface area contributed by atoms with Crippen molar-refractivity contribution in [3.8, 4) is 10.6 Å². The number of carbonyl (C=O) groups is 1. The average molecular weight is 336 g/mol. The standard InChI is InChI=1S/C16H18ClN3OS/c17-14-6-2-1-5-13(14)16-19-11(10-22-16)8-15(21)20-7-3-4-12(20)9-18/h1-2,5-6,10,12H,3-4,7-9,18H2/t12-/m0/s1. The Morgan fingerprint density at radius 1 is 1.45 bits per heavy atom. The van der Waals surface area contributed by atoms with Crippen LogP contribution in [0.2, 0.25) is 5.02 Å². The van der Waals surface area contributed by atoms with E-state index in [0.717, 1.165) is 35.7 Å². The molecular formula is C16H18ClN3OS. The van der Waals surface area contributed by atoms with E-state index in [2.05, 4.69) is 4.98 Å². The van der Waals surface area contributed by atoms with E-state index in [1.807, 2.05) is 34.5 Å². The van der Waals surface area contributed by atoms with Gasteiger partial charge in [0.1, 0.15) is 5.01 Å². The minimum atomic E-state index is 0.115. The number of nitrogens with zero attached hydrogens (tertiary/aromatic N) is 2. The third-order valence-corrected chi connectivity index (χ3v) is 5.21. The number of benzene rings is 1. The Morgan fingerprint density at radius 2 is 2.27 bits per heavy atom. The molecule has 2 heterocycles. The first-order chi connectivity index (χ1) is 10.7. The van der Waals surface area contributed by atoms with Gasteiger partial charge < -0.3 is 10.6 Å². The molecule has 1 saturated heterocycles. The zero-order chi connectivity index (χ0) is 15.5. The summed E-state index contributed by atoms with van der Waals surface area (Å²) >= 11 is 7.71. The molecule has 0 radical (unpaired) electrons. The molecule has 22 heavy (non-hydrogen) atoms. The van der Waals surface area contributed by atoms with Crippen LogP contribution >= 0.6 is 22.9 Å². The van der Waals surface area contributed by atoms with Gasteiger partial charge in [-0.05, 0) is 18.9 Å². The number of aromatic nitrogens is 1. The lowest BCUT2D eigenvalue weighted by Crippen LogP contribution is -2.40. The Kier molecular flexibility index (Phi) is 4.76. The fourth-order valence-corrected chi connectivity index (χ4v) is 3.95. The number of halogens is 1. The van der Waals surface area contributed by atoms with E-state index < -0.39 is 0 Å². The summed E-state index contributed by atoms with van der Waals surface area (Å²) in [6.45, 7) is 1.34. The van der Waals surface area contributed by atoms with Crippen LogP contribution in [0.25, 0.3) is 10.6 Å². The van der Waals surface area contributed by atoms with Gasteiger partial charge in [-0.25, -0.2) is 4.98 Å². The second-order valence-corrected chi connectivity index (χ2v) is 6.68. The maximum Gasteiger partial charge on any atom is 0.228 e. The van der Waals surface area contributed by atoms with Gasteiger partial charge in [0.05, 0.1) is 17.1 Å². The van der Waals surface area contributed by atoms with E-state index in [4.69, 9.17) is 17.3 Å². The summed E-state index contributed by atoms with van der Waals surface area (Å²) < 4.78 is 0. The lowest BCUT2D eigenvalue weighted by Gasteiger charge is -2.23. The normalized spacial score (nSPS) is 17.9. The fourth-order valence-electron chi connectivity index (χ4n) is 2.81. The predicted octanol–water partition coefficient (Wildman–Crippen LogP) is 2.96. The molecule has 0 saturated carbocycles. The van der Waals surface area contributed by atoms with E-state index in [1.54, 1.807) is 0 Å². The highest BCUT2D eigenvalue weighted by Crippen LogP contribution is 2.30. The van der Waals surface area contributed by atoms with Crippen molar-refractivity contribution in [2.24, 2.45) is 5.73 Å². The number of carbonyl (C=O) groups excluding carboxylic acids is 1. The smallest absolute Gasteiger partial charge is 0.228 e. The third kappa shape index (κ3) is 3.16. The summed E-state index contributed by atoms with van der Waals surface area (Å²) in [5, 5.41) is 3.46. The quantitative estimate of drug-likeness (QED) is 0.934. The van der Waals surface area contributed by atoms with Crippen molar-refractivity contribution in [1.29, 1.82) is 0 Å². The van der Waals surface area contributed by atoms with Crippen LogP contribution in [0.1, 0.15) is 18.5 Å². The molecule has 0 bridgehead atoms. The zero-order valence-electron chi connectivity index (χ0n) is 12.2. The Hall–Kier alpha value is -1.43. The number of rotatable bonds is 4. The van der Waals surface area contributed by atoms with Crippen LogP contribution in [-0.2, 0) is 11.2 Å². The van der Waals surface area contributed by atoms with Crippen molar-refractivity contribution in [1.82, 2.24) is 9.88 Å². The minimum Gasteiger partial charge on any atom is -0.338 e. The van der Waals surface area contributed by atoms with Crippen LogP contribution in [0.15, 0.2) is 29.6 Å². The van der Waals surface area contributed by atoms with Gasteiger partial charge in [0.15, 0.2) is 0 Å². The van der Waals surface area contributed by atoms with Gasteiger partial charge >= 0.3 is 0 Å². The summed E-state index contributed by atoms with van der Waals surface area (Å²) in [6.07, 6.45) is 2.37. The van der Waals surface area contributed by atoms with Crippen LogP contribution in [0.3, 0.4) is 0 Å². The maximum atomic E-state index is 12.4. The molecule has 1 aromatic heterocycles. The summed E-state index contributed by atoms with van der Waals surface area (Å²) in [6, 6.07) is 7.80. The largest absolute Gasteiger partial charge is 0.338 e. The molecule has 6 heteroatoms. The molecule has 2 aromatic rings. The monoisotopic (exact) mass is 335 g/mol. The van der Waals surface area contributed by atoms with Crippen molar-refractivity contribution in [3.05, 3.63) is 40.4 Å². The maximum absolute atomic E-state index is 12.4. The zero-order valence-corrected chi connectivity index (χ0v) is 13.7. The Labute approximate surface area is 138 Å². The first-order valence-corrected chi connectivity index (χ1v) is 8.63. The molecule has 0 aliphatic carbocycles. The van der Waals surface area contributed by atoms with Crippen LogP contribution in [0.4, 0.5) is 0 Å². The van der Waals surface area contributed by atoms with Gasteiger partial charge in [-0.3, -0.25) is 4.79 Å². The van der Waals surface area contributed by atoms with Crippen LogP contribution in [0.5, 0.6) is 0 Å². The van der Waals surface area contributed by atoms with E-state index in [0.29, 0.717) is 18.0 Å². The highest BCUT2D eigenvalue weighted by molar-refractivity contribution is 7.13. The first kappa shape index (κ1) is 15.5. The van der Waals surface area contributed by atoms with E-state index in [-0.39, 0.29) is 11.9 Å². The number of hydrogen-bond acceptors (Lipinski definition) is 4. The Morgan fingerprint density at radius 3 is 3.05 bits per heavy atom. The fraction of sp³-hybridized carbons (Fsp3) is 0.375. The summed E-state index contributed by atoms with van der Waals surface area (Å²) in [4.78, 5) is 18.9. The summed E-state index contributed by atoms with van der Waals surface area (Å²) in [7, 11) is 0. The van der Waals surface area contributed by atoms with E-state index >= 15 is 0 Å². The molecule has 1 fully saturated rings. The molecule has 116 valence electrons.